The van der Waals surface area contributed by atoms with Crippen molar-refractivity contribution in [1.82, 2.24) is 25.3 Å². The second-order valence-corrected chi connectivity index (χ2v) is 7.53. The van der Waals surface area contributed by atoms with Crippen molar-refractivity contribution in [3.8, 4) is 22.1 Å². The van der Waals surface area contributed by atoms with Crippen LogP contribution in [0.5, 0.6) is 5.75 Å². The van der Waals surface area contributed by atoms with E-state index in [0.29, 0.717) is 27.8 Å². The molecule has 3 aromatic rings. The molecular formula is C20H25N5O2S. The van der Waals surface area contributed by atoms with E-state index in [1.54, 1.807) is 11.8 Å². The number of aryl methyl sites for hydroxylation is 1. The Balaban J connectivity index is 1.83. The largest absolute Gasteiger partial charge is 0.497 e. The Labute approximate surface area is 168 Å². The van der Waals surface area contributed by atoms with Crippen molar-refractivity contribution in [2.45, 2.75) is 40.0 Å². The van der Waals surface area contributed by atoms with Crippen molar-refractivity contribution in [3.05, 3.63) is 40.5 Å². The Morgan fingerprint density at radius 3 is 2.86 bits per heavy atom. The lowest BCUT2D eigenvalue weighted by Gasteiger charge is -2.05. The number of amides is 1. The molecule has 0 aliphatic carbocycles. The fraction of sp³-hybridized carbons (Fsp3) is 0.400. The summed E-state index contributed by atoms with van der Waals surface area (Å²) >= 11 is 1.35. The lowest BCUT2D eigenvalue weighted by molar-refractivity contribution is 0.0956. The molecule has 0 unspecified atom stereocenters. The van der Waals surface area contributed by atoms with Crippen LogP contribution in [-0.4, -0.2) is 39.5 Å². The van der Waals surface area contributed by atoms with Crippen LogP contribution in [0.25, 0.3) is 16.4 Å². The van der Waals surface area contributed by atoms with Gasteiger partial charge in [0.1, 0.15) is 21.3 Å². The number of unbranched alkanes of at least 4 members (excludes halogenated alkanes) is 2. The minimum absolute atomic E-state index is 0.0739. The number of methoxy groups -OCH3 is 1. The van der Waals surface area contributed by atoms with Crippen molar-refractivity contribution >= 4 is 17.2 Å². The van der Waals surface area contributed by atoms with Crippen LogP contribution < -0.4 is 10.1 Å². The summed E-state index contributed by atoms with van der Waals surface area (Å²) in [6.07, 6.45) is 3.22. The van der Waals surface area contributed by atoms with Gasteiger partial charge in [-0.15, -0.1) is 16.4 Å². The third-order valence-electron chi connectivity index (χ3n) is 4.46. The minimum Gasteiger partial charge on any atom is -0.497 e. The average molecular weight is 400 g/mol. The molecule has 0 fully saturated rings. The highest BCUT2D eigenvalue weighted by atomic mass is 32.1. The van der Waals surface area contributed by atoms with Crippen LogP contribution in [0, 0.1) is 13.8 Å². The third-order valence-corrected chi connectivity index (χ3v) is 5.63. The van der Waals surface area contributed by atoms with Crippen LogP contribution in [0.1, 0.15) is 47.2 Å². The number of hydrogen-bond donors (Lipinski definition) is 1. The molecule has 0 saturated carbocycles. The first-order chi connectivity index (χ1) is 13.5. The van der Waals surface area contributed by atoms with Gasteiger partial charge in [0.25, 0.3) is 5.91 Å². The molecule has 2 aromatic heterocycles. The quantitative estimate of drug-likeness (QED) is 0.580. The zero-order valence-corrected chi connectivity index (χ0v) is 17.5. The SMILES string of the molecule is CCCCCNC(=O)c1sc(-c2nnn(-c3cccc(OC)c3)c2C)nc1C. The molecule has 0 aliphatic rings. The molecule has 3 rings (SSSR count). The predicted octanol–water partition coefficient (Wildman–Crippen LogP) is 3.94. The van der Waals surface area contributed by atoms with Gasteiger partial charge in [0.15, 0.2) is 0 Å². The van der Waals surface area contributed by atoms with Gasteiger partial charge in [0, 0.05) is 12.6 Å². The van der Waals surface area contributed by atoms with Crippen LogP contribution in [-0.2, 0) is 0 Å². The maximum Gasteiger partial charge on any atom is 0.263 e. The molecule has 7 nitrogen and oxygen atoms in total. The fourth-order valence-corrected chi connectivity index (χ4v) is 3.90. The summed E-state index contributed by atoms with van der Waals surface area (Å²) in [4.78, 5) is 17.7. The van der Waals surface area contributed by atoms with E-state index in [1.807, 2.05) is 38.1 Å². The second kappa shape index (κ2) is 8.97. The number of rotatable bonds is 8. The van der Waals surface area contributed by atoms with Gasteiger partial charge in [0.2, 0.25) is 0 Å². The number of thiazole rings is 1. The molecule has 2 heterocycles. The third kappa shape index (κ3) is 4.22. The molecule has 0 aliphatic heterocycles. The average Bonchev–Trinajstić information content (AvgIpc) is 3.27. The number of carbonyl (C=O) groups is 1. The maximum absolute atomic E-state index is 12.5. The molecular weight excluding hydrogens is 374 g/mol. The van der Waals surface area contributed by atoms with Crippen LogP contribution >= 0.6 is 11.3 Å². The first-order valence-corrected chi connectivity index (χ1v) is 10.2. The Morgan fingerprint density at radius 2 is 2.11 bits per heavy atom. The van der Waals surface area contributed by atoms with Gasteiger partial charge in [-0.1, -0.05) is 31.0 Å². The molecule has 1 amide bonds. The number of aromatic nitrogens is 4. The number of nitrogens with zero attached hydrogens (tertiary/aromatic N) is 4. The van der Waals surface area contributed by atoms with Crippen LogP contribution in [0.3, 0.4) is 0 Å². The normalized spacial score (nSPS) is 10.9. The summed E-state index contributed by atoms with van der Waals surface area (Å²) < 4.78 is 7.03. The predicted molar refractivity (Wildman–Crippen MR) is 110 cm³/mol. The Morgan fingerprint density at radius 1 is 1.29 bits per heavy atom. The molecule has 28 heavy (non-hydrogen) atoms. The summed E-state index contributed by atoms with van der Waals surface area (Å²) in [5.41, 5.74) is 3.11. The van der Waals surface area contributed by atoms with Crippen molar-refractivity contribution in [1.29, 1.82) is 0 Å². The van der Waals surface area contributed by atoms with Gasteiger partial charge >= 0.3 is 0 Å². The molecule has 1 aromatic carbocycles. The summed E-state index contributed by atoms with van der Waals surface area (Å²) in [5.74, 6) is 0.677. The van der Waals surface area contributed by atoms with E-state index in [2.05, 4.69) is 27.5 Å². The van der Waals surface area contributed by atoms with E-state index >= 15 is 0 Å². The van der Waals surface area contributed by atoms with E-state index in [9.17, 15) is 4.79 Å². The zero-order chi connectivity index (χ0) is 20.1. The molecule has 0 bridgehead atoms. The maximum atomic E-state index is 12.5. The molecule has 0 spiro atoms. The lowest BCUT2D eigenvalue weighted by Crippen LogP contribution is -2.24. The summed E-state index contributed by atoms with van der Waals surface area (Å²) in [6.45, 7) is 6.62. The van der Waals surface area contributed by atoms with Crippen molar-refractivity contribution in [2.75, 3.05) is 13.7 Å². The van der Waals surface area contributed by atoms with Crippen LogP contribution in [0.15, 0.2) is 24.3 Å². The first kappa shape index (κ1) is 20.0. The summed E-state index contributed by atoms with van der Waals surface area (Å²) in [5, 5.41) is 12.2. The molecule has 0 radical (unpaired) electrons. The second-order valence-electron chi connectivity index (χ2n) is 6.53. The van der Waals surface area contributed by atoms with Crippen molar-refractivity contribution < 1.29 is 9.53 Å². The van der Waals surface area contributed by atoms with Crippen molar-refractivity contribution in [2.24, 2.45) is 0 Å². The number of ether oxygens (including phenoxy) is 1. The highest BCUT2D eigenvalue weighted by Gasteiger charge is 2.20. The van der Waals surface area contributed by atoms with Crippen molar-refractivity contribution in [3.63, 3.8) is 0 Å². The van der Waals surface area contributed by atoms with Crippen LogP contribution in [0.2, 0.25) is 0 Å². The highest BCUT2D eigenvalue weighted by molar-refractivity contribution is 7.17. The molecule has 148 valence electrons. The number of nitrogens with one attached hydrogen (secondary N) is 1. The highest BCUT2D eigenvalue weighted by Crippen LogP contribution is 2.30. The molecule has 0 atom stereocenters. The van der Waals surface area contributed by atoms with Gasteiger partial charge in [-0.05, 0) is 32.4 Å². The molecule has 0 saturated heterocycles. The monoisotopic (exact) mass is 399 g/mol. The summed E-state index contributed by atoms with van der Waals surface area (Å²) in [7, 11) is 1.63. The fourth-order valence-electron chi connectivity index (χ4n) is 2.88. The lowest BCUT2D eigenvalue weighted by atomic mass is 10.2. The van der Waals surface area contributed by atoms with E-state index in [4.69, 9.17) is 4.74 Å². The van der Waals surface area contributed by atoms with Gasteiger partial charge in [-0.2, -0.15) is 0 Å². The van der Waals surface area contributed by atoms with Gasteiger partial charge in [0.05, 0.1) is 24.2 Å². The minimum atomic E-state index is -0.0739. The molecule has 8 heteroatoms. The van der Waals surface area contributed by atoms with E-state index in [1.165, 1.54) is 11.3 Å². The van der Waals surface area contributed by atoms with Gasteiger partial charge in [-0.25, -0.2) is 9.67 Å². The number of benzene rings is 1. The van der Waals surface area contributed by atoms with E-state index in [-0.39, 0.29) is 5.91 Å². The standard InChI is InChI=1S/C20H25N5O2S/c1-5-6-7-11-21-19(26)18-13(2)22-20(28-18)17-14(3)25(24-23-17)15-9-8-10-16(12-15)27-4/h8-10,12H,5-7,11H2,1-4H3,(H,21,26). The van der Waals surface area contributed by atoms with E-state index in [0.717, 1.165) is 36.4 Å². The number of hydrogen-bond acceptors (Lipinski definition) is 6. The molecule has 1 N–H and O–H groups in total. The number of carbonyl (C=O) groups excluding carboxylic acids is 1. The van der Waals surface area contributed by atoms with Gasteiger partial charge < -0.3 is 10.1 Å². The smallest absolute Gasteiger partial charge is 0.263 e. The van der Waals surface area contributed by atoms with E-state index < -0.39 is 0 Å². The topological polar surface area (TPSA) is 81.9 Å². The Kier molecular flexibility index (Phi) is 6.41. The Bertz CT molecular complexity index is 963. The van der Waals surface area contributed by atoms with Crippen LogP contribution in [0.4, 0.5) is 0 Å². The Hall–Kier alpha value is -2.74. The summed E-state index contributed by atoms with van der Waals surface area (Å²) in [6, 6.07) is 7.62. The van der Waals surface area contributed by atoms with Gasteiger partial charge in [-0.3, -0.25) is 4.79 Å². The first-order valence-electron chi connectivity index (χ1n) is 9.37. The zero-order valence-electron chi connectivity index (χ0n) is 16.7.